The minimum Gasteiger partial charge on any atom is -0.496 e. The molecular weight excluding hydrogens is 226 g/mol. The summed E-state index contributed by atoms with van der Waals surface area (Å²) in [6, 6.07) is 6.35. The molecule has 0 saturated heterocycles. The van der Waals surface area contributed by atoms with Gasteiger partial charge in [-0.25, -0.2) is 0 Å². The van der Waals surface area contributed by atoms with Crippen molar-refractivity contribution in [3.8, 4) is 5.75 Å². The predicted molar refractivity (Wildman–Crippen MR) is 72.9 cm³/mol. The Kier molecular flexibility index (Phi) is 4.39. The summed E-state index contributed by atoms with van der Waals surface area (Å²) in [5.74, 6) is 0.749. The van der Waals surface area contributed by atoms with Crippen LogP contribution >= 0.6 is 0 Å². The van der Waals surface area contributed by atoms with Crippen molar-refractivity contribution in [2.24, 2.45) is 0 Å². The Morgan fingerprint density at radius 2 is 2.11 bits per heavy atom. The van der Waals surface area contributed by atoms with E-state index in [1.54, 1.807) is 7.11 Å². The van der Waals surface area contributed by atoms with Crippen LogP contribution in [0.4, 0.5) is 0 Å². The molecule has 1 aromatic rings. The Bertz CT molecular complexity index is 421. The van der Waals surface area contributed by atoms with Gasteiger partial charge >= 0.3 is 0 Å². The first-order valence-corrected chi connectivity index (χ1v) is 6.41. The summed E-state index contributed by atoms with van der Waals surface area (Å²) in [5, 5.41) is 13.6. The molecule has 98 valence electrons. The van der Waals surface area contributed by atoms with Crippen molar-refractivity contribution in [2.45, 2.75) is 31.9 Å². The molecule has 1 aliphatic carbocycles. The van der Waals surface area contributed by atoms with E-state index in [2.05, 4.69) is 17.5 Å². The molecule has 2 rings (SSSR count). The fourth-order valence-corrected chi connectivity index (χ4v) is 2.29. The Morgan fingerprint density at radius 3 is 2.78 bits per heavy atom. The third-order valence-electron chi connectivity index (χ3n) is 3.35. The van der Waals surface area contributed by atoms with E-state index in [0.29, 0.717) is 12.6 Å². The molecule has 3 nitrogen and oxygen atoms in total. The molecule has 1 atom stereocenters. The highest BCUT2D eigenvalue weighted by Crippen LogP contribution is 2.26. The highest BCUT2D eigenvalue weighted by Gasteiger charge is 2.16. The van der Waals surface area contributed by atoms with Gasteiger partial charge in [0.1, 0.15) is 5.75 Å². The van der Waals surface area contributed by atoms with Crippen LogP contribution in [0.15, 0.2) is 30.4 Å². The molecule has 2 N–H and O–H groups in total. The normalized spacial score (nSPS) is 17.1. The van der Waals surface area contributed by atoms with Gasteiger partial charge in [-0.05, 0) is 31.9 Å². The average molecular weight is 247 g/mol. The van der Waals surface area contributed by atoms with Gasteiger partial charge in [-0.15, -0.1) is 0 Å². The third kappa shape index (κ3) is 3.12. The van der Waals surface area contributed by atoms with E-state index in [4.69, 9.17) is 4.74 Å². The second-order valence-corrected chi connectivity index (χ2v) is 4.81. The maximum Gasteiger partial charge on any atom is 0.124 e. The van der Waals surface area contributed by atoms with Crippen LogP contribution in [0.3, 0.4) is 0 Å². The second kappa shape index (κ2) is 6.03. The molecule has 0 aliphatic heterocycles. The minimum atomic E-state index is -0.527. The Morgan fingerprint density at radius 1 is 1.39 bits per heavy atom. The summed E-state index contributed by atoms with van der Waals surface area (Å²) in [6.45, 7) is 2.58. The zero-order valence-corrected chi connectivity index (χ0v) is 11.0. The van der Waals surface area contributed by atoms with Gasteiger partial charge in [0, 0.05) is 18.2 Å². The number of ether oxygens (including phenoxy) is 1. The van der Waals surface area contributed by atoms with Crippen molar-refractivity contribution < 1.29 is 9.84 Å². The summed E-state index contributed by atoms with van der Waals surface area (Å²) >= 11 is 0. The highest BCUT2D eigenvalue weighted by molar-refractivity contribution is 5.38. The topological polar surface area (TPSA) is 41.5 Å². The molecule has 0 aromatic heterocycles. The van der Waals surface area contributed by atoms with Crippen LogP contribution < -0.4 is 10.1 Å². The zero-order valence-electron chi connectivity index (χ0n) is 11.0. The molecule has 18 heavy (non-hydrogen) atoms. The van der Waals surface area contributed by atoms with Gasteiger partial charge in [0.05, 0.1) is 13.2 Å². The lowest BCUT2D eigenvalue weighted by Crippen LogP contribution is -2.30. The highest BCUT2D eigenvalue weighted by atomic mass is 16.5. The van der Waals surface area contributed by atoms with Gasteiger partial charge in [-0.2, -0.15) is 0 Å². The van der Waals surface area contributed by atoms with E-state index in [0.717, 1.165) is 29.7 Å². The van der Waals surface area contributed by atoms with E-state index >= 15 is 0 Å². The van der Waals surface area contributed by atoms with E-state index < -0.39 is 6.10 Å². The zero-order chi connectivity index (χ0) is 13.0. The van der Waals surface area contributed by atoms with Gasteiger partial charge in [0.2, 0.25) is 0 Å². The number of aliphatic hydroxyl groups excluding tert-OH is 1. The van der Waals surface area contributed by atoms with Gasteiger partial charge in [-0.1, -0.05) is 23.8 Å². The van der Waals surface area contributed by atoms with Crippen LogP contribution in [-0.4, -0.2) is 24.8 Å². The molecule has 1 unspecified atom stereocenters. The quantitative estimate of drug-likeness (QED) is 0.785. The van der Waals surface area contributed by atoms with Gasteiger partial charge in [0.25, 0.3) is 0 Å². The fourth-order valence-electron chi connectivity index (χ4n) is 2.29. The van der Waals surface area contributed by atoms with E-state index in [-0.39, 0.29) is 0 Å². The summed E-state index contributed by atoms with van der Waals surface area (Å²) in [7, 11) is 1.63. The van der Waals surface area contributed by atoms with Crippen molar-refractivity contribution in [3.05, 3.63) is 41.5 Å². The summed E-state index contributed by atoms with van der Waals surface area (Å²) in [5.41, 5.74) is 1.99. The van der Waals surface area contributed by atoms with Crippen molar-refractivity contribution in [1.29, 1.82) is 0 Å². The Labute approximate surface area is 108 Å². The monoisotopic (exact) mass is 247 g/mol. The molecule has 0 amide bonds. The number of methoxy groups -OCH3 is 1. The third-order valence-corrected chi connectivity index (χ3v) is 3.35. The van der Waals surface area contributed by atoms with Crippen molar-refractivity contribution in [1.82, 2.24) is 5.32 Å². The van der Waals surface area contributed by atoms with Gasteiger partial charge in [-0.3, -0.25) is 0 Å². The number of hydrogen-bond donors (Lipinski definition) is 2. The Balaban J connectivity index is 1.98. The summed E-state index contributed by atoms with van der Waals surface area (Å²) in [4.78, 5) is 0. The van der Waals surface area contributed by atoms with E-state index in [9.17, 15) is 5.11 Å². The minimum absolute atomic E-state index is 0.468. The van der Waals surface area contributed by atoms with E-state index in [1.807, 2.05) is 25.1 Å². The number of aryl methyl sites for hydroxylation is 1. The van der Waals surface area contributed by atoms with Crippen LogP contribution in [0.2, 0.25) is 0 Å². The summed E-state index contributed by atoms with van der Waals surface area (Å²) < 4.78 is 5.29. The Hall–Kier alpha value is -1.32. The molecule has 0 radical (unpaired) electrons. The number of aliphatic hydroxyl groups is 1. The first kappa shape index (κ1) is 13.1. The molecule has 0 heterocycles. The molecule has 3 heteroatoms. The molecular formula is C15H21NO2. The fraction of sp³-hybridized carbons (Fsp3) is 0.467. The number of nitrogens with one attached hydrogen (secondary N) is 1. The molecule has 0 saturated carbocycles. The number of benzene rings is 1. The SMILES string of the molecule is COc1ccc(C)cc1C(O)CNC1CC=CC1. The molecule has 0 fully saturated rings. The van der Waals surface area contributed by atoms with Crippen LogP contribution in [0.1, 0.15) is 30.1 Å². The predicted octanol–water partition coefficient (Wildman–Crippen LogP) is 2.35. The van der Waals surface area contributed by atoms with Gasteiger partial charge < -0.3 is 15.2 Å². The maximum absolute atomic E-state index is 10.3. The van der Waals surface area contributed by atoms with E-state index in [1.165, 1.54) is 0 Å². The molecule has 1 aliphatic rings. The largest absolute Gasteiger partial charge is 0.496 e. The molecule has 0 spiro atoms. The van der Waals surface area contributed by atoms with Crippen LogP contribution in [-0.2, 0) is 0 Å². The standard InChI is InChI=1S/C15H21NO2/c1-11-7-8-15(18-2)13(9-11)14(17)10-16-12-5-3-4-6-12/h3-4,7-9,12,14,16-17H,5-6,10H2,1-2H3. The van der Waals surface area contributed by atoms with Gasteiger partial charge in [0.15, 0.2) is 0 Å². The van der Waals surface area contributed by atoms with Crippen LogP contribution in [0, 0.1) is 6.92 Å². The van der Waals surface area contributed by atoms with Crippen molar-refractivity contribution in [2.75, 3.05) is 13.7 Å². The molecule has 0 bridgehead atoms. The maximum atomic E-state index is 10.3. The van der Waals surface area contributed by atoms with Crippen molar-refractivity contribution in [3.63, 3.8) is 0 Å². The molecule has 1 aromatic carbocycles. The lowest BCUT2D eigenvalue weighted by Gasteiger charge is -2.18. The average Bonchev–Trinajstić information content (AvgIpc) is 2.89. The number of hydrogen-bond acceptors (Lipinski definition) is 3. The lowest BCUT2D eigenvalue weighted by atomic mass is 10.0. The second-order valence-electron chi connectivity index (χ2n) is 4.81. The van der Waals surface area contributed by atoms with Crippen LogP contribution in [0.5, 0.6) is 5.75 Å². The summed E-state index contributed by atoms with van der Waals surface area (Å²) in [6.07, 6.45) is 5.93. The smallest absolute Gasteiger partial charge is 0.124 e. The number of rotatable bonds is 5. The van der Waals surface area contributed by atoms with Crippen molar-refractivity contribution >= 4 is 0 Å². The van der Waals surface area contributed by atoms with Crippen LogP contribution in [0.25, 0.3) is 0 Å². The first-order valence-electron chi connectivity index (χ1n) is 6.41. The first-order chi connectivity index (χ1) is 8.70. The lowest BCUT2D eigenvalue weighted by molar-refractivity contribution is 0.166.